The number of aliphatic hydroxyl groups is 2. The van der Waals surface area contributed by atoms with Crippen LogP contribution in [-0.2, 0) is 26.4 Å². The fourth-order valence-electron chi connectivity index (χ4n) is 5.83. The highest BCUT2D eigenvalue weighted by atomic mass is 17.1. The normalized spacial score (nSPS) is 23.4. The van der Waals surface area contributed by atoms with E-state index in [2.05, 4.69) is 15.5 Å². The summed E-state index contributed by atoms with van der Waals surface area (Å²) in [5.74, 6) is -0.674. The first-order chi connectivity index (χ1) is 20.2. The number of hydrogen-bond donors (Lipinski definition) is 5. The zero-order valence-electron chi connectivity index (χ0n) is 23.1. The molecule has 0 fully saturated rings. The van der Waals surface area contributed by atoms with Crippen molar-refractivity contribution in [3.05, 3.63) is 65.2 Å². The molecule has 5 N–H and O–H groups in total. The van der Waals surface area contributed by atoms with Gasteiger partial charge >= 0.3 is 0 Å². The molecule has 13 heteroatoms. The van der Waals surface area contributed by atoms with Crippen LogP contribution in [0, 0.1) is 0 Å². The third-order valence-corrected chi connectivity index (χ3v) is 8.03. The Labute approximate surface area is 241 Å². The predicted octanol–water partition coefficient (Wildman–Crippen LogP) is 0.479. The quantitative estimate of drug-likeness (QED) is 0.121. The van der Waals surface area contributed by atoms with Crippen LogP contribution in [0.15, 0.2) is 48.6 Å². The largest absolute Gasteiger partial charge is 0.497 e. The second-order valence-corrected chi connectivity index (χ2v) is 10.4. The highest BCUT2D eigenvalue weighted by molar-refractivity contribution is 5.98. The van der Waals surface area contributed by atoms with Gasteiger partial charge in [-0.25, -0.2) is 10.1 Å². The Morgan fingerprint density at radius 3 is 2.55 bits per heavy atom. The molecule has 0 unspecified atom stereocenters. The lowest BCUT2D eigenvalue weighted by atomic mass is 9.69. The van der Waals surface area contributed by atoms with Gasteiger partial charge in [0.05, 0.1) is 32.3 Å². The summed E-state index contributed by atoms with van der Waals surface area (Å²) in [6.45, 7) is -0.445. The minimum Gasteiger partial charge on any atom is -0.497 e. The summed E-state index contributed by atoms with van der Waals surface area (Å²) in [5, 5.41) is 34.3. The van der Waals surface area contributed by atoms with Crippen LogP contribution in [0.5, 0.6) is 17.2 Å². The van der Waals surface area contributed by atoms with Crippen molar-refractivity contribution < 1.29 is 49.0 Å². The SMILES string of the molecule is COc1ccc(C(=O)N[C@@H](CO)C(=O)N[C@@H](OO)C(=O)N2CC[C@@]34C=C[C@H](O)C[C@@H]3Oc3c(OC)ccc(c34)C2)cc1. The minimum absolute atomic E-state index is 0.118. The fourth-order valence-corrected chi connectivity index (χ4v) is 5.83. The van der Waals surface area contributed by atoms with Crippen molar-refractivity contribution in [3.8, 4) is 17.2 Å². The Balaban J connectivity index is 1.32. The summed E-state index contributed by atoms with van der Waals surface area (Å²) in [4.78, 5) is 44.9. The first kappa shape index (κ1) is 29.3. The number of hydrogen-bond acceptors (Lipinski definition) is 10. The van der Waals surface area contributed by atoms with E-state index in [1.165, 1.54) is 24.1 Å². The van der Waals surface area contributed by atoms with Gasteiger partial charge in [-0.15, -0.1) is 0 Å². The maximum Gasteiger partial charge on any atom is 0.276 e. The molecule has 3 amide bonds. The lowest BCUT2D eigenvalue weighted by Gasteiger charge is -2.36. The van der Waals surface area contributed by atoms with Gasteiger partial charge in [0.25, 0.3) is 11.8 Å². The summed E-state index contributed by atoms with van der Waals surface area (Å²) in [5.41, 5.74) is 1.26. The first-order valence-corrected chi connectivity index (χ1v) is 13.4. The molecule has 42 heavy (non-hydrogen) atoms. The number of amides is 3. The number of carbonyl (C=O) groups excluding carboxylic acids is 3. The molecule has 0 aromatic heterocycles. The zero-order valence-corrected chi connectivity index (χ0v) is 23.1. The van der Waals surface area contributed by atoms with E-state index in [1.54, 1.807) is 31.4 Å². The van der Waals surface area contributed by atoms with Gasteiger partial charge in [-0.3, -0.25) is 14.4 Å². The number of methoxy groups -OCH3 is 2. The maximum atomic E-state index is 13.5. The van der Waals surface area contributed by atoms with Crippen molar-refractivity contribution >= 4 is 17.7 Å². The second-order valence-electron chi connectivity index (χ2n) is 10.4. The molecule has 3 aliphatic rings. The van der Waals surface area contributed by atoms with Crippen LogP contribution in [0.25, 0.3) is 0 Å². The average Bonchev–Trinajstić information content (AvgIpc) is 3.24. The molecule has 0 saturated heterocycles. The predicted molar refractivity (Wildman–Crippen MR) is 146 cm³/mol. The lowest BCUT2D eigenvalue weighted by Crippen LogP contribution is -2.56. The summed E-state index contributed by atoms with van der Waals surface area (Å²) >= 11 is 0. The van der Waals surface area contributed by atoms with Crippen molar-refractivity contribution in [1.82, 2.24) is 15.5 Å². The number of benzene rings is 2. The molecule has 2 heterocycles. The van der Waals surface area contributed by atoms with Crippen molar-refractivity contribution in [2.45, 2.75) is 49.3 Å². The number of carbonyl (C=O) groups is 3. The van der Waals surface area contributed by atoms with Gasteiger partial charge in [0, 0.05) is 30.6 Å². The third-order valence-electron chi connectivity index (χ3n) is 8.03. The van der Waals surface area contributed by atoms with Gasteiger partial charge in [-0.2, -0.15) is 0 Å². The van der Waals surface area contributed by atoms with E-state index in [1.807, 2.05) is 12.1 Å². The smallest absolute Gasteiger partial charge is 0.276 e. The van der Waals surface area contributed by atoms with Gasteiger partial charge in [-0.05, 0) is 42.3 Å². The van der Waals surface area contributed by atoms with Crippen LogP contribution in [0.3, 0.4) is 0 Å². The highest BCUT2D eigenvalue weighted by Crippen LogP contribution is 2.55. The molecule has 2 aromatic carbocycles. The molecular weight excluding hydrogens is 550 g/mol. The molecule has 2 aliphatic heterocycles. The number of rotatable bonds is 9. The van der Waals surface area contributed by atoms with Crippen LogP contribution >= 0.6 is 0 Å². The topological polar surface area (TPSA) is 176 Å². The summed E-state index contributed by atoms with van der Waals surface area (Å²) < 4.78 is 16.9. The molecule has 5 atom stereocenters. The van der Waals surface area contributed by atoms with Crippen molar-refractivity contribution in [2.24, 2.45) is 0 Å². The summed E-state index contributed by atoms with van der Waals surface area (Å²) in [6, 6.07) is 8.25. The van der Waals surface area contributed by atoms with E-state index >= 15 is 0 Å². The molecule has 13 nitrogen and oxygen atoms in total. The van der Waals surface area contributed by atoms with E-state index in [0.29, 0.717) is 30.1 Å². The molecule has 5 rings (SSSR count). The van der Waals surface area contributed by atoms with Crippen LogP contribution in [0.4, 0.5) is 0 Å². The van der Waals surface area contributed by atoms with Crippen molar-refractivity contribution in [2.75, 3.05) is 27.4 Å². The first-order valence-electron chi connectivity index (χ1n) is 13.4. The maximum absolute atomic E-state index is 13.5. The number of nitrogens with zero attached hydrogens (tertiary/aromatic N) is 1. The van der Waals surface area contributed by atoms with Gasteiger partial charge in [0.2, 0.25) is 12.1 Å². The lowest BCUT2D eigenvalue weighted by molar-refractivity contribution is -0.280. The molecule has 2 aromatic rings. The third kappa shape index (κ3) is 5.27. The van der Waals surface area contributed by atoms with Gasteiger partial charge in [-0.1, -0.05) is 18.2 Å². The molecular formula is C29H33N3O10. The van der Waals surface area contributed by atoms with E-state index in [0.717, 1.165) is 11.1 Å². The monoisotopic (exact) mass is 583 g/mol. The zero-order chi connectivity index (χ0) is 30.0. The second kappa shape index (κ2) is 12.0. The Morgan fingerprint density at radius 2 is 1.88 bits per heavy atom. The number of ether oxygens (including phenoxy) is 3. The van der Waals surface area contributed by atoms with E-state index in [-0.39, 0.29) is 24.8 Å². The number of aliphatic hydroxyl groups excluding tert-OH is 2. The molecule has 0 saturated carbocycles. The van der Waals surface area contributed by atoms with E-state index in [9.17, 15) is 29.9 Å². The standard InChI is InChI=1S/C29H33N3O10/c1-39-19-6-3-16(4-7-19)25(35)30-20(15-33)26(36)31-27(42-38)28(37)32-12-11-29-10-9-18(34)13-22(29)41-24-21(40-2)8-5-17(14-32)23(24)29/h3-10,18,20,22,27,33-34,38H,11-15H2,1-2H3,(H,30,35)(H,31,36)/t18-,20-,22-,27-,29-/m0/s1. The molecule has 1 spiro atoms. The number of nitrogens with one attached hydrogen (secondary N) is 2. The molecule has 224 valence electrons. The Morgan fingerprint density at radius 1 is 1.12 bits per heavy atom. The van der Waals surface area contributed by atoms with E-state index in [4.69, 9.17) is 14.2 Å². The average molecular weight is 584 g/mol. The van der Waals surface area contributed by atoms with Crippen LogP contribution in [0.1, 0.15) is 34.3 Å². The molecule has 1 aliphatic carbocycles. The van der Waals surface area contributed by atoms with Gasteiger partial charge < -0.3 is 40.0 Å². The Hall–Kier alpha value is -4.17. The van der Waals surface area contributed by atoms with Crippen LogP contribution in [0.2, 0.25) is 0 Å². The fraction of sp³-hybridized carbons (Fsp3) is 0.414. The van der Waals surface area contributed by atoms with Crippen molar-refractivity contribution in [3.63, 3.8) is 0 Å². The van der Waals surface area contributed by atoms with Crippen molar-refractivity contribution in [1.29, 1.82) is 0 Å². The Kier molecular flexibility index (Phi) is 8.36. The summed E-state index contributed by atoms with van der Waals surface area (Å²) in [7, 11) is 3.02. The van der Waals surface area contributed by atoms with Crippen LogP contribution in [-0.4, -0.2) is 89.9 Å². The minimum atomic E-state index is -1.81. The van der Waals surface area contributed by atoms with Crippen LogP contribution < -0.4 is 24.8 Å². The molecule has 0 radical (unpaired) electrons. The summed E-state index contributed by atoms with van der Waals surface area (Å²) in [6.07, 6.45) is 1.60. The highest BCUT2D eigenvalue weighted by Gasteiger charge is 2.53. The van der Waals surface area contributed by atoms with Gasteiger partial charge in [0.1, 0.15) is 17.9 Å². The molecule has 0 bridgehead atoms. The van der Waals surface area contributed by atoms with E-state index < -0.39 is 48.1 Å². The Bertz CT molecular complexity index is 1380. The van der Waals surface area contributed by atoms with Gasteiger partial charge in [0.15, 0.2) is 11.5 Å².